The SMILES string of the molecule is CC1(C)c2ccccc2-c2c1cc(-c1ccccc1)c1c2c2ccccc2n1-c1ccccc1. The zero-order valence-electron chi connectivity index (χ0n) is 19.4. The largest absolute Gasteiger partial charge is 0.309 e. The lowest BCUT2D eigenvalue weighted by Gasteiger charge is -2.23. The Labute approximate surface area is 199 Å². The van der Waals surface area contributed by atoms with Crippen LogP contribution in [0.15, 0.2) is 115 Å². The Morgan fingerprint density at radius 2 is 1.24 bits per heavy atom. The lowest BCUT2D eigenvalue weighted by atomic mass is 9.81. The average Bonchev–Trinajstić information content (AvgIpc) is 3.35. The van der Waals surface area contributed by atoms with E-state index in [1.54, 1.807) is 0 Å². The van der Waals surface area contributed by atoms with Crippen LogP contribution in [0.1, 0.15) is 25.0 Å². The molecule has 0 bridgehead atoms. The highest BCUT2D eigenvalue weighted by Crippen LogP contribution is 2.55. The number of fused-ring (bicyclic) bond motifs is 7. The smallest absolute Gasteiger partial charge is 0.0625 e. The first-order valence-electron chi connectivity index (χ1n) is 12.0. The summed E-state index contributed by atoms with van der Waals surface area (Å²) in [7, 11) is 0. The highest BCUT2D eigenvalue weighted by atomic mass is 15.0. The Morgan fingerprint density at radius 3 is 2.03 bits per heavy atom. The lowest BCUT2D eigenvalue weighted by Crippen LogP contribution is -2.15. The Morgan fingerprint density at radius 1 is 0.588 bits per heavy atom. The number of rotatable bonds is 2. The first kappa shape index (κ1) is 19.4. The van der Waals surface area contributed by atoms with Crippen molar-refractivity contribution < 1.29 is 0 Å². The summed E-state index contributed by atoms with van der Waals surface area (Å²) >= 11 is 0. The topological polar surface area (TPSA) is 4.93 Å². The van der Waals surface area contributed by atoms with Crippen molar-refractivity contribution in [3.63, 3.8) is 0 Å². The van der Waals surface area contributed by atoms with Crippen molar-refractivity contribution in [1.82, 2.24) is 4.57 Å². The molecule has 1 aliphatic rings. The summed E-state index contributed by atoms with van der Waals surface area (Å²) in [5.74, 6) is 0. The first-order valence-corrected chi connectivity index (χ1v) is 12.0. The molecule has 0 amide bonds. The summed E-state index contributed by atoms with van der Waals surface area (Å²) in [6.45, 7) is 4.74. The minimum atomic E-state index is -0.0560. The maximum atomic E-state index is 2.46. The summed E-state index contributed by atoms with van der Waals surface area (Å²) in [5.41, 5.74) is 11.8. The molecule has 162 valence electrons. The molecule has 1 aromatic heterocycles. The summed E-state index contributed by atoms with van der Waals surface area (Å²) < 4.78 is 2.46. The van der Waals surface area contributed by atoms with Gasteiger partial charge in [0.2, 0.25) is 0 Å². The fourth-order valence-corrected chi connectivity index (χ4v) is 6.01. The third kappa shape index (κ3) is 2.50. The number of hydrogen-bond donors (Lipinski definition) is 0. The van der Waals surface area contributed by atoms with Crippen LogP contribution in [0.2, 0.25) is 0 Å². The van der Waals surface area contributed by atoms with Crippen molar-refractivity contribution in [2.24, 2.45) is 0 Å². The van der Waals surface area contributed by atoms with E-state index in [1.165, 1.54) is 60.9 Å². The summed E-state index contributed by atoms with van der Waals surface area (Å²) in [6, 6.07) is 41.9. The fourth-order valence-electron chi connectivity index (χ4n) is 6.01. The van der Waals surface area contributed by atoms with Crippen LogP contribution in [-0.2, 0) is 5.41 Å². The fraction of sp³-hybridized carbons (Fsp3) is 0.0909. The van der Waals surface area contributed by atoms with Crippen LogP contribution in [0.3, 0.4) is 0 Å². The number of aromatic nitrogens is 1. The molecule has 6 aromatic rings. The second-order valence-corrected chi connectivity index (χ2v) is 9.80. The molecule has 0 unspecified atom stereocenters. The van der Waals surface area contributed by atoms with Crippen molar-refractivity contribution in [2.45, 2.75) is 19.3 Å². The molecule has 1 heteroatoms. The zero-order valence-corrected chi connectivity index (χ0v) is 19.4. The maximum absolute atomic E-state index is 2.46. The van der Waals surface area contributed by atoms with Gasteiger partial charge in [-0.2, -0.15) is 0 Å². The van der Waals surface area contributed by atoms with Gasteiger partial charge in [0, 0.05) is 27.4 Å². The molecule has 0 saturated carbocycles. The maximum Gasteiger partial charge on any atom is 0.0625 e. The second-order valence-electron chi connectivity index (χ2n) is 9.80. The van der Waals surface area contributed by atoms with Gasteiger partial charge in [0.1, 0.15) is 0 Å². The van der Waals surface area contributed by atoms with Crippen LogP contribution in [0.25, 0.3) is 49.7 Å². The second kappa shape index (κ2) is 6.95. The van der Waals surface area contributed by atoms with Gasteiger partial charge in [-0.05, 0) is 52.1 Å². The third-order valence-corrected chi connectivity index (χ3v) is 7.58. The molecule has 1 heterocycles. The molecule has 34 heavy (non-hydrogen) atoms. The van der Waals surface area contributed by atoms with E-state index in [2.05, 4.69) is 134 Å². The molecular weight excluding hydrogens is 410 g/mol. The van der Waals surface area contributed by atoms with Crippen LogP contribution in [0.5, 0.6) is 0 Å². The van der Waals surface area contributed by atoms with Crippen LogP contribution in [-0.4, -0.2) is 4.57 Å². The van der Waals surface area contributed by atoms with Crippen molar-refractivity contribution in [1.29, 1.82) is 0 Å². The molecule has 1 aliphatic carbocycles. The quantitative estimate of drug-likeness (QED) is 0.256. The predicted octanol–water partition coefficient (Wildman–Crippen LogP) is 8.76. The molecule has 0 radical (unpaired) electrons. The Balaban J connectivity index is 1.77. The van der Waals surface area contributed by atoms with E-state index in [-0.39, 0.29) is 5.41 Å². The standard InChI is InChI=1S/C33H25N/c1-33(2)27-19-11-9-17-24(27)30-28(33)21-26(22-13-5-3-6-14-22)32-31(30)25-18-10-12-20-29(25)34(32)23-15-7-4-8-16-23/h3-21H,1-2H3. The Kier molecular flexibility index (Phi) is 3.96. The van der Waals surface area contributed by atoms with E-state index in [4.69, 9.17) is 0 Å². The molecule has 1 nitrogen and oxygen atoms in total. The van der Waals surface area contributed by atoms with Gasteiger partial charge in [-0.1, -0.05) is 105 Å². The molecule has 7 rings (SSSR count). The van der Waals surface area contributed by atoms with Crippen LogP contribution in [0, 0.1) is 0 Å². The number of hydrogen-bond acceptors (Lipinski definition) is 0. The van der Waals surface area contributed by atoms with E-state index in [0.717, 1.165) is 0 Å². The van der Waals surface area contributed by atoms with Gasteiger partial charge < -0.3 is 4.57 Å². The molecular formula is C33H25N. The normalized spacial score (nSPS) is 13.8. The minimum Gasteiger partial charge on any atom is -0.309 e. The zero-order chi connectivity index (χ0) is 22.9. The predicted molar refractivity (Wildman–Crippen MR) is 144 cm³/mol. The van der Waals surface area contributed by atoms with Crippen molar-refractivity contribution in [3.8, 4) is 27.9 Å². The van der Waals surface area contributed by atoms with E-state index in [1.807, 2.05) is 0 Å². The summed E-state index contributed by atoms with van der Waals surface area (Å²) in [5, 5.41) is 2.66. The van der Waals surface area contributed by atoms with Gasteiger partial charge in [0.25, 0.3) is 0 Å². The highest BCUT2D eigenvalue weighted by Gasteiger charge is 2.38. The van der Waals surface area contributed by atoms with Gasteiger partial charge in [0.05, 0.1) is 11.0 Å². The van der Waals surface area contributed by atoms with E-state index in [0.29, 0.717) is 0 Å². The molecule has 0 aliphatic heterocycles. The highest BCUT2D eigenvalue weighted by molar-refractivity contribution is 6.21. The average molecular weight is 436 g/mol. The number of nitrogens with zero attached hydrogens (tertiary/aromatic N) is 1. The van der Waals surface area contributed by atoms with Crippen LogP contribution >= 0.6 is 0 Å². The molecule has 0 atom stereocenters. The molecule has 0 spiro atoms. The molecule has 0 N–H and O–H groups in total. The monoisotopic (exact) mass is 435 g/mol. The minimum absolute atomic E-state index is 0.0560. The van der Waals surface area contributed by atoms with E-state index < -0.39 is 0 Å². The van der Waals surface area contributed by atoms with E-state index in [9.17, 15) is 0 Å². The molecule has 0 fully saturated rings. The van der Waals surface area contributed by atoms with Gasteiger partial charge in [-0.15, -0.1) is 0 Å². The molecule has 5 aromatic carbocycles. The van der Waals surface area contributed by atoms with Gasteiger partial charge in [-0.25, -0.2) is 0 Å². The summed E-state index contributed by atoms with van der Waals surface area (Å²) in [6.07, 6.45) is 0. The van der Waals surface area contributed by atoms with Gasteiger partial charge >= 0.3 is 0 Å². The van der Waals surface area contributed by atoms with Gasteiger partial charge in [0.15, 0.2) is 0 Å². The van der Waals surface area contributed by atoms with Crippen LogP contribution in [0.4, 0.5) is 0 Å². The Hall–Kier alpha value is -4.10. The van der Waals surface area contributed by atoms with E-state index >= 15 is 0 Å². The lowest BCUT2D eigenvalue weighted by molar-refractivity contribution is 0.661. The number of para-hydroxylation sites is 2. The van der Waals surface area contributed by atoms with Gasteiger partial charge in [-0.3, -0.25) is 0 Å². The Bertz CT molecular complexity index is 1700. The first-order chi connectivity index (χ1) is 16.7. The summed E-state index contributed by atoms with van der Waals surface area (Å²) in [4.78, 5) is 0. The number of benzene rings is 5. The van der Waals surface area contributed by atoms with Crippen LogP contribution < -0.4 is 0 Å². The van der Waals surface area contributed by atoms with Crippen molar-refractivity contribution in [2.75, 3.05) is 0 Å². The third-order valence-electron chi connectivity index (χ3n) is 7.58. The van der Waals surface area contributed by atoms with Crippen molar-refractivity contribution >= 4 is 21.8 Å². The van der Waals surface area contributed by atoms with Crippen molar-refractivity contribution in [3.05, 3.63) is 126 Å². The molecule has 0 saturated heterocycles.